The standard InChI is InChI=1S/C11H9F3N2O/c12-11(13,14)5-10(17)16-7-9-3-1-8(6-15)2-4-9/h1-4H,5,7H2,(H,16,17). The van der Waals surface area contributed by atoms with Crippen LogP contribution in [-0.4, -0.2) is 12.1 Å². The van der Waals surface area contributed by atoms with Crippen LogP contribution in [0.1, 0.15) is 17.5 Å². The lowest BCUT2D eigenvalue weighted by atomic mass is 10.1. The quantitative estimate of drug-likeness (QED) is 0.882. The molecule has 0 heterocycles. The molecule has 0 aliphatic heterocycles. The van der Waals surface area contributed by atoms with Crippen LogP contribution in [0.5, 0.6) is 0 Å². The molecule has 0 aliphatic carbocycles. The van der Waals surface area contributed by atoms with Crippen molar-refractivity contribution >= 4 is 5.91 Å². The molecular weight excluding hydrogens is 233 g/mol. The Kier molecular flexibility index (Phi) is 4.10. The molecule has 1 aromatic rings. The molecule has 1 N–H and O–H groups in total. The molecule has 0 aliphatic rings. The number of rotatable bonds is 3. The first-order valence-corrected chi connectivity index (χ1v) is 4.73. The molecule has 3 nitrogen and oxygen atoms in total. The fraction of sp³-hybridized carbons (Fsp3) is 0.273. The summed E-state index contributed by atoms with van der Waals surface area (Å²) in [6.45, 7) is 0.0145. The molecule has 6 heteroatoms. The third-order valence-electron chi connectivity index (χ3n) is 1.93. The number of carbonyl (C=O) groups is 1. The van der Waals surface area contributed by atoms with Gasteiger partial charge in [-0.05, 0) is 17.7 Å². The van der Waals surface area contributed by atoms with E-state index in [0.717, 1.165) is 0 Å². The number of nitrogens with zero attached hydrogens (tertiary/aromatic N) is 1. The van der Waals surface area contributed by atoms with Gasteiger partial charge in [0.25, 0.3) is 0 Å². The van der Waals surface area contributed by atoms with E-state index in [1.807, 2.05) is 6.07 Å². The summed E-state index contributed by atoms with van der Waals surface area (Å²) in [6.07, 6.45) is -5.97. The summed E-state index contributed by atoms with van der Waals surface area (Å²) in [5, 5.41) is 10.7. The average molecular weight is 242 g/mol. The summed E-state index contributed by atoms with van der Waals surface area (Å²) < 4.78 is 35.5. The van der Waals surface area contributed by atoms with E-state index in [4.69, 9.17) is 5.26 Å². The molecule has 0 spiro atoms. The molecule has 0 aromatic heterocycles. The van der Waals surface area contributed by atoms with Gasteiger partial charge in [-0.15, -0.1) is 0 Å². The predicted octanol–water partition coefficient (Wildman–Crippen LogP) is 2.13. The van der Waals surface area contributed by atoms with Gasteiger partial charge in [-0.3, -0.25) is 4.79 Å². The van der Waals surface area contributed by atoms with Crippen LogP contribution in [0.25, 0.3) is 0 Å². The largest absolute Gasteiger partial charge is 0.397 e. The second-order valence-corrected chi connectivity index (χ2v) is 3.38. The summed E-state index contributed by atoms with van der Waals surface area (Å²) in [7, 11) is 0. The Morgan fingerprint density at radius 1 is 1.29 bits per heavy atom. The van der Waals surface area contributed by atoms with Crippen LogP contribution in [0.3, 0.4) is 0 Å². The highest BCUT2D eigenvalue weighted by Gasteiger charge is 2.30. The fourth-order valence-corrected chi connectivity index (χ4v) is 1.14. The number of amides is 1. The van der Waals surface area contributed by atoms with Gasteiger partial charge in [-0.25, -0.2) is 0 Å². The van der Waals surface area contributed by atoms with Crippen molar-refractivity contribution in [1.82, 2.24) is 5.32 Å². The number of hydrogen-bond acceptors (Lipinski definition) is 2. The van der Waals surface area contributed by atoms with E-state index in [0.29, 0.717) is 11.1 Å². The van der Waals surface area contributed by atoms with Crippen LogP contribution >= 0.6 is 0 Å². The second kappa shape index (κ2) is 5.34. The van der Waals surface area contributed by atoms with Crippen LogP contribution in [0.15, 0.2) is 24.3 Å². The molecule has 1 amide bonds. The first kappa shape index (κ1) is 13.0. The third kappa shape index (κ3) is 5.02. The molecule has 17 heavy (non-hydrogen) atoms. The number of hydrogen-bond donors (Lipinski definition) is 1. The van der Waals surface area contributed by atoms with Gasteiger partial charge >= 0.3 is 6.18 Å². The zero-order valence-corrected chi connectivity index (χ0v) is 8.71. The topological polar surface area (TPSA) is 52.9 Å². The first-order chi connectivity index (χ1) is 7.90. The highest BCUT2D eigenvalue weighted by molar-refractivity contribution is 5.76. The lowest BCUT2D eigenvalue weighted by Crippen LogP contribution is -2.28. The van der Waals surface area contributed by atoms with Gasteiger partial charge in [0, 0.05) is 6.54 Å². The normalized spacial score (nSPS) is 10.7. The van der Waals surface area contributed by atoms with Crippen molar-refractivity contribution in [3.05, 3.63) is 35.4 Å². The molecule has 90 valence electrons. The van der Waals surface area contributed by atoms with Crippen LogP contribution in [-0.2, 0) is 11.3 Å². The fourth-order valence-electron chi connectivity index (χ4n) is 1.14. The maximum Gasteiger partial charge on any atom is 0.397 e. The summed E-state index contributed by atoms with van der Waals surface area (Å²) in [5.74, 6) is -1.07. The van der Waals surface area contributed by atoms with Crippen molar-refractivity contribution in [2.75, 3.05) is 0 Å². The zero-order valence-electron chi connectivity index (χ0n) is 8.71. The Morgan fingerprint density at radius 2 is 1.88 bits per heavy atom. The highest BCUT2D eigenvalue weighted by atomic mass is 19.4. The molecule has 1 aromatic carbocycles. The minimum atomic E-state index is -4.49. The maximum absolute atomic E-state index is 11.8. The molecule has 0 saturated heterocycles. The van der Waals surface area contributed by atoms with Gasteiger partial charge in [-0.2, -0.15) is 18.4 Å². The first-order valence-electron chi connectivity index (χ1n) is 4.73. The molecule has 1 rings (SSSR count). The zero-order chi connectivity index (χ0) is 12.9. The van der Waals surface area contributed by atoms with Crippen molar-refractivity contribution in [1.29, 1.82) is 5.26 Å². The van der Waals surface area contributed by atoms with E-state index in [1.165, 1.54) is 12.1 Å². The average Bonchev–Trinajstić information content (AvgIpc) is 2.25. The maximum atomic E-state index is 11.8. The van der Waals surface area contributed by atoms with Gasteiger partial charge in [0.1, 0.15) is 6.42 Å². The summed E-state index contributed by atoms with van der Waals surface area (Å²) in [4.78, 5) is 10.9. The predicted molar refractivity (Wildman–Crippen MR) is 53.7 cm³/mol. The molecular formula is C11H9F3N2O. The smallest absolute Gasteiger partial charge is 0.352 e. The third-order valence-corrected chi connectivity index (χ3v) is 1.93. The van der Waals surface area contributed by atoms with Crippen LogP contribution < -0.4 is 5.32 Å². The number of carbonyl (C=O) groups excluding carboxylic acids is 1. The molecule has 0 saturated carbocycles. The highest BCUT2D eigenvalue weighted by Crippen LogP contribution is 2.18. The molecule has 0 bridgehead atoms. The Hall–Kier alpha value is -2.03. The van der Waals surface area contributed by atoms with Gasteiger partial charge in [0.05, 0.1) is 11.6 Å². The number of nitriles is 1. The lowest BCUT2D eigenvalue weighted by Gasteiger charge is -2.07. The molecule has 0 fully saturated rings. The summed E-state index contributed by atoms with van der Waals surface area (Å²) in [5.41, 5.74) is 1.09. The molecule has 0 atom stereocenters. The van der Waals surface area contributed by atoms with Gasteiger partial charge in [0.15, 0.2) is 0 Å². The van der Waals surface area contributed by atoms with Crippen molar-refractivity contribution in [3.63, 3.8) is 0 Å². The number of nitrogens with one attached hydrogen (secondary N) is 1. The summed E-state index contributed by atoms with van der Waals surface area (Å²) in [6, 6.07) is 8.13. The molecule has 0 radical (unpaired) electrons. The monoisotopic (exact) mass is 242 g/mol. The van der Waals surface area contributed by atoms with E-state index in [2.05, 4.69) is 5.32 Å². The van der Waals surface area contributed by atoms with E-state index < -0.39 is 18.5 Å². The second-order valence-electron chi connectivity index (χ2n) is 3.38. The molecule has 0 unspecified atom stereocenters. The van der Waals surface area contributed by atoms with E-state index in [-0.39, 0.29) is 6.54 Å². The van der Waals surface area contributed by atoms with Crippen molar-refractivity contribution in [2.45, 2.75) is 19.1 Å². The van der Waals surface area contributed by atoms with Crippen molar-refractivity contribution < 1.29 is 18.0 Å². The van der Waals surface area contributed by atoms with Crippen molar-refractivity contribution in [2.24, 2.45) is 0 Å². The van der Waals surface area contributed by atoms with Crippen molar-refractivity contribution in [3.8, 4) is 6.07 Å². The number of benzene rings is 1. The number of halogens is 3. The van der Waals surface area contributed by atoms with Crippen LogP contribution in [0.4, 0.5) is 13.2 Å². The Bertz CT molecular complexity index is 432. The van der Waals surface area contributed by atoms with E-state index in [1.54, 1.807) is 12.1 Å². The SMILES string of the molecule is N#Cc1ccc(CNC(=O)CC(F)(F)F)cc1. The Morgan fingerprint density at radius 3 is 2.35 bits per heavy atom. The lowest BCUT2D eigenvalue weighted by molar-refractivity contribution is -0.153. The van der Waals surface area contributed by atoms with Crippen LogP contribution in [0.2, 0.25) is 0 Å². The van der Waals surface area contributed by atoms with E-state index in [9.17, 15) is 18.0 Å². The number of alkyl halides is 3. The van der Waals surface area contributed by atoms with Crippen LogP contribution in [0, 0.1) is 11.3 Å². The van der Waals surface area contributed by atoms with E-state index >= 15 is 0 Å². The Labute approximate surface area is 95.9 Å². The van der Waals surface area contributed by atoms with Gasteiger partial charge in [0.2, 0.25) is 5.91 Å². The minimum absolute atomic E-state index is 0.0145. The van der Waals surface area contributed by atoms with Gasteiger partial charge in [-0.1, -0.05) is 12.1 Å². The summed E-state index contributed by atoms with van der Waals surface area (Å²) >= 11 is 0. The van der Waals surface area contributed by atoms with Gasteiger partial charge < -0.3 is 5.32 Å². The Balaban J connectivity index is 2.45. The minimum Gasteiger partial charge on any atom is -0.352 e.